The fourth-order valence-corrected chi connectivity index (χ4v) is 2.67. The minimum Gasteiger partial charge on any atom is -0.396 e. The molecule has 0 saturated carbocycles. The van der Waals surface area contributed by atoms with Crippen molar-refractivity contribution >= 4 is 15.7 Å². The molecule has 100 valence electrons. The van der Waals surface area contributed by atoms with Crippen molar-refractivity contribution in [1.29, 1.82) is 0 Å². The summed E-state index contributed by atoms with van der Waals surface area (Å²) in [4.78, 5) is 9.74. The molecule has 7 nitrogen and oxygen atoms in total. The van der Waals surface area contributed by atoms with E-state index >= 15 is 0 Å². The van der Waals surface area contributed by atoms with Crippen LogP contribution < -0.4 is 4.72 Å². The number of benzene rings is 1. The van der Waals surface area contributed by atoms with Crippen LogP contribution in [0.2, 0.25) is 0 Å². The largest absolute Gasteiger partial charge is 0.396 e. The Balaban J connectivity index is 2.98. The predicted molar refractivity (Wildman–Crippen MR) is 64.6 cm³/mol. The first-order valence-electron chi connectivity index (χ1n) is 5.24. The molecule has 18 heavy (non-hydrogen) atoms. The van der Waals surface area contributed by atoms with Gasteiger partial charge in [-0.3, -0.25) is 10.1 Å². The lowest BCUT2D eigenvalue weighted by molar-refractivity contribution is -0.385. The maximum atomic E-state index is 11.9. The molecule has 1 atom stereocenters. The molecule has 1 aromatic carbocycles. The second-order valence-electron chi connectivity index (χ2n) is 3.79. The number of aliphatic hydroxyl groups excluding tert-OH is 1. The minimum atomic E-state index is -3.80. The third-order valence-corrected chi connectivity index (χ3v) is 3.84. The van der Waals surface area contributed by atoms with Crippen molar-refractivity contribution in [3.05, 3.63) is 34.4 Å². The van der Waals surface area contributed by atoms with Crippen LogP contribution in [0.5, 0.6) is 0 Å². The number of nitro benzene ring substituents is 1. The Morgan fingerprint density at radius 3 is 2.72 bits per heavy atom. The molecule has 1 unspecified atom stereocenters. The van der Waals surface area contributed by atoms with E-state index < -0.39 is 21.0 Å². The number of sulfonamides is 1. The molecule has 0 aliphatic heterocycles. The van der Waals surface area contributed by atoms with Gasteiger partial charge in [-0.25, -0.2) is 13.1 Å². The predicted octanol–water partition coefficient (Wildman–Crippen LogP) is 0.644. The van der Waals surface area contributed by atoms with Gasteiger partial charge in [0.2, 0.25) is 10.0 Å². The van der Waals surface area contributed by atoms with Crippen LogP contribution in [0.1, 0.15) is 13.3 Å². The molecule has 0 aromatic heterocycles. The SMILES string of the molecule is CC(CCO)NS(=O)(=O)c1cccc([N+](=O)[O-])c1. The fourth-order valence-electron chi connectivity index (χ4n) is 1.35. The quantitative estimate of drug-likeness (QED) is 0.584. The van der Waals surface area contributed by atoms with E-state index in [1.54, 1.807) is 6.92 Å². The molecule has 0 radical (unpaired) electrons. The summed E-state index contributed by atoms with van der Waals surface area (Å²) in [5.41, 5.74) is -0.285. The first-order chi connectivity index (χ1) is 8.36. The van der Waals surface area contributed by atoms with Gasteiger partial charge < -0.3 is 5.11 Å². The fraction of sp³-hybridized carbons (Fsp3) is 0.400. The van der Waals surface area contributed by atoms with Gasteiger partial charge in [-0.05, 0) is 19.4 Å². The lowest BCUT2D eigenvalue weighted by Gasteiger charge is -2.12. The van der Waals surface area contributed by atoms with Crippen LogP contribution in [0, 0.1) is 10.1 Å². The van der Waals surface area contributed by atoms with E-state index in [1.165, 1.54) is 18.2 Å². The average Bonchev–Trinajstić information content (AvgIpc) is 2.28. The van der Waals surface area contributed by atoms with Crippen molar-refractivity contribution < 1.29 is 18.4 Å². The van der Waals surface area contributed by atoms with E-state index in [9.17, 15) is 18.5 Å². The molecule has 0 aliphatic rings. The van der Waals surface area contributed by atoms with Gasteiger partial charge >= 0.3 is 0 Å². The highest BCUT2D eigenvalue weighted by Gasteiger charge is 2.19. The lowest BCUT2D eigenvalue weighted by Crippen LogP contribution is -2.33. The smallest absolute Gasteiger partial charge is 0.270 e. The van der Waals surface area contributed by atoms with Gasteiger partial charge in [-0.2, -0.15) is 0 Å². The zero-order valence-electron chi connectivity index (χ0n) is 9.74. The second-order valence-corrected chi connectivity index (χ2v) is 5.50. The molecule has 0 bridgehead atoms. The number of hydrogen-bond acceptors (Lipinski definition) is 5. The molecular formula is C10H14N2O5S. The summed E-state index contributed by atoms with van der Waals surface area (Å²) in [6.07, 6.45) is 0.272. The molecule has 0 spiro atoms. The summed E-state index contributed by atoms with van der Waals surface area (Å²) in [6.45, 7) is 1.46. The number of nitrogens with one attached hydrogen (secondary N) is 1. The van der Waals surface area contributed by atoms with Crippen LogP contribution in [0.15, 0.2) is 29.2 Å². The summed E-state index contributed by atoms with van der Waals surface area (Å²) >= 11 is 0. The van der Waals surface area contributed by atoms with E-state index in [0.717, 1.165) is 6.07 Å². The van der Waals surface area contributed by atoms with E-state index in [-0.39, 0.29) is 23.6 Å². The third kappa shape index (κ3) is 3.76. The second kappa shape index (κ2) is 5.89. The van der Waals surface area contributed by atoms with Crippen molar-refractivity contribution in [1.82, 2.24) is 4.72 Å². The van der Waals surface area contributed by atoms with E-state index in [0.29, 0.717) is 0 Å². The lowest BCUT2D eigenvalue weighted by atomic mass is 10.3. The number of aliphatic hydroxyl groups is 1. The van der Waals surface area contributed by atoms with Crippen LogP contribution in [-0.4, -0.2) is 31.1 Å². The average molecular weight is 274 g/mol. The van der Waals surface area contributed by atoms with Gasteiger partial charge in [0, 0.05) is 24.8 Å². The minimum absolute atomic E-state index is 0.140. The first kappa shape index (κ1) is 14.6. The maximum absolute atomic E-state index is 11.9. The van der Waals surface area contributed by atoms with Crippen molar-refractivity contribution in [3.8, 4) is 0 Å². The Labute approximate surface area is 105 Å². The van der Waals surface area contributed by atoms with Crippen molar-refractivity contribution in [2.45, 2.75) is 24.3 Å². The topological polar surface area (TPSA) is 110 Å². The number of non-ortho nitro benzene ring substituents is 1. The van der Waals surface area contributed by atoms with Crippen LogP contribution in [0.4, 0.5) is 5.69 Å². The highest BCUT2D eigenvalue weighted by Crippen LogP contribution is 2.17. The summed E-state index contributed by atoms with van der Waals surface area (Å²) in [5.74, 6) is 0. The van der Waals surface area contributed by atoms with Gasteiger partial charge in [0.25, 0.3) is 5.69 Å². The molecule has 2 N–H and O–H groups in total. The Morgan fingerprint density at radius 2 is 2.17 bits per heavy atom. The summed E-state index contributed by atoms with van der Waals surface area (Å²) in [7, 11) is -3.80. The van der Waals surface area contributed by atoms with E-state index in [4.69, 9.17) is 5.11 Å². The summed E-state index contributed by atoms with van der Waals surface area (Å²) < 4.78 is 26.1. The maximum Gasteiger partial charge on any atom is 0.270 e. The molecule has 0 fully saturated rings. The van der Waals surface area contributed by atoms with Crippen LogP contribution in [0.3, 0.4) is 0 Å². The zero-order valence-corrected chi connectivity index (χ0v) is 10.6. The molecule has 1 rings (SSSR count). The summed E-state index contributed by atoms with van der Waals surface area (Å²) in [5, 5.41) is 19.3. The standard InChI is InChI=1S/C10H14N2O5S/c1-8(5-6-13)11-18(16,17)10-4-2-3-9(7-10)12(14)15/h2-4,7-8,11,13H,5-6H2,1H3. The molecule has 0 amide bonds. The molecule has 0 aliphatic carbocycles. The monoisotopic (exact) mass is 274 g/mol. The zero-order chi connectivity index (χ0) is 13.8. The van der Waals surface area contributed by atoms with Crippen LogP contribution in [0.25, 0.3) is 0 Å². The van der Waals surface area contributed by atoms with Crippen LogP contribution in [-0.2, 0) is 10.0 Å². The number of hydrogen-bond donors (Lipinski definition) is 2. The highest BCUT2D eigenvalue weighted by atomic mass is 32.2. The van der Waals surface area contributed by atoms with Gasteiger partial charge in [0.15, 0.2) is 0 Å². The number of rotatable bonds is 6. The Hall–Kier alpha value is -1.51. The van der Waals surface area contributed by atoms with Crippen molar-refractivity contribution in [3.63, 3.8) is 0 Å². The first-order valence-corrected chi connectivity index (χ1v) is 6.73. The normalized spacial score (nSPS) is 13.2. The molecule has 0 saturated heterocycles. The molecular weight excluding hydrogens is 260 g/mol. The van der Waals surface area contributed by atoms with Gasteiger partial charge in [-0.15, -0.1) is 0 Å². The number of nitrogens with zero attached hydrogens (tertiary/aromatic N) is 1. The van der Waals surface area contributed by atoms with Gasteiger partial charge in [0.05, 0.1) is 9.82 Å². The molecule has 1 aromatic rings. The van der Waals surface area contributed by atoms with Gasteiger partial charge in [0.1, 0.15) is 0 Å². The molecule has 8 heteroatoms. The Bertz CT molecular complexity index is 529. The van der Waals surface area contributed by atoms with Gasteiger partial charge in [-0.1, -0.05) is 6.07 Å². The van der Waals surface area contributed by atoms with Crippen molar-refractivity contribution in [2.75, 3.05) is 6.61 Å². The van der Waals surface area contributed by atoms with E-state index in [2.05, 4.69) is 4.72 Å². The van der Waals surface area contributed by atoms with Crippen LogP contribution >= 0.6 is 0 Å². The Morgan fingerprint density at radius 1 is 1.50 bits per heavy atom. The molecule has 0 heterocycles. The van der Waals surface area contributed by atoms with E-state index in [1.807, 2.05) is 0 Å². The Kier molecular flexibility index (Phi) is 4.76. The summed E-state index contributed by atoms with van der Waals surface area (Å²) in [6, 6.07) is 4.36. The third-order valence-electron chi connectivity index (χ3n) is 2.26. The van der Waals surface area contributed by atoms with Crippen molar-refractivity contribution in [2.24, 2.45) is 0 Å². The number of nitro groups is 1. The highest BCUT2D eigenvalue weighted by molar-refractivity contribution is 7.89.